The monoisotopic (exact) mass is 374 g/mol. The Morgan fingerprint density at radius 1 is 1.14 bits per heavy atom. The molecule has 2 aromatic rings. The van der Waals surface area contributed by atoms with Crippen LogP contribution in [0.5, 0.6) is 0 Å². The quantitative estimate of drug-likeness (QED) is 0.867. The number of rotatable bonds is 3. The fourth-order valence-corrected chi connectivity index (χ4v) is 4.52. The lowest BCUT2D eigenvalue weighted by Crippen LogP contribution is -2.45. The van der Waals surface area contributed by atoms with Crippen LogP contribution in [-0.2, 0) is 0 Å². The van der Waals surface area contributed by atoms with Crippen LogP contribution in [0.15, 0.2) is 48.5 Å². The highest BCUT2D eigenvalue weighted by Gasteiger charge is 2.37. The summed E-state index contributed by atoms with van der Waals surface area (Å²) in [6.45, 7) is 4.64. The smallest absolute Gasteiger partial charge is 0.253 e. The second-order valence-corrected chi connectivity index (χ2v) is 7.89. The molecular formula is C23H26N4O. The van der Waals surface area contributed by atoms with E-state index in [4.69, 9.17) is 5.26 Å². The number of hydrazine groups is 1. The average Bonchev–Trinajstić information content (AvgIpc) is 3.23. The second kappa shape index (κ2) is 8.14. The van der Waals surface area contributed by atoms with Gasteiger partial charge in [0.05, 0.1) is 11.6 Å². The summed E-state index contributed by atoms with van der Waals surface area (Å²) in [5.74, 6) is 1.08. The van der Waals surface area contributed by atoms with Crippen molar-refractivity contribution < 1.29 is 4.79 Å². The van der Waals surface area contributed by atoms with E-state index >= 15 is 0 Å². The Kier molecular flexibility index (Phi) is 5.43. The van der Waals surface area contributed by atoms with Gasteiger partial charge in [-0.15, -0.1) is 0 Å². The van der Waals surface area contributed by atoms with Crippen LogP contribution in [0.2, 0.25) is 0 Å². The Bertz CT molecular complexity index is 878. The van der Waals surface area contributed by atoms with Crippen LogP contribution in [0.3, 0.4) is 0 Å². The van der Waals surface area contributed by atoms with Crippen LogP contribution in [0, 0.1) is 24.2 Å². The minimum atomic E-state index is 0.0654. The third-order valence-corrected chi connectivity index (χ3v) is 6.09. The Labute approximate surface area is 166 Å². The molecule has 0 aromatic heterocycles. The maximum absolute atomic E-state index is 12.8. The zero-order valence-corrected chi connectivity index (χ0v) is 16.2. The fraction of sp³-hybridized carbons (Fsp3) is 0.391. The lowest BCUT2D eigenvalue weighted by atomic mass is 9.80. The van der Waals surface area contributed by atoms with Crippen LogP contribution in [0.4, 0.5) is 0 Å². The molecule has 2 saturated heterocycles. The predicted octanol–water partition coefficient (Wildman–Crippen LogP) is 2.98. The lowest BCUT2D eigenvalue weighted by molar-refractivity contribution is 0.0670. The van der Waals surface area contributed by atoms with Crippen molar-refractivity contribution in [2.24, 2.45) is 5.92 Å². The molecule has 5 heteroatoms. The number of hydrogen-bond acceptors (Lipinski definition) is 4. The Balaban J connectivity index is 1.39. The lowest BCUT2D eigenvalue weighted by Gasteiger charge is -2.36. The van der Waals surface area contributed by atoms with Gasteiger partial charge in [0.2, 0.25) is 0 Å². The molecule has 2 atom stereocenters. The van der Waals surface area contributed by atoms with Crippen molar-refractivity contribution in [1.82, 2.24) is 15.8 Å². The molecule has 2 aliphatic rings. The van der Waals surface area contributed by atoms with Gasteiger partial charge >= 0.3 is 0 Å². The molecule has 0 bridgehead atoms. The van der Waals surface area contributed by atoms with Crippen LogP contribution in [0.1, 0.15) is 45.8 Å². The molecule has 2 aliphatic heterocycles. The molecule has 2 aromatic carbocycles. The molecule has 2 fully saturated rings. The van der Waals surface area contributed by atoms with Crippen LogP contribution < -0.4 is 10.9 Å². The molecular weight excluding hydrogens is 348 g/mol. The van der Waals surface area contributed by atoms with Gasteiger partial charge in [-0.25, -0.2) is 0 Å². The number of benzene rings is 2. The average molecular weight is 374 g/mol. The van der Waals surface area contributed by atoms with Crippen molar-refractivity contribution in [2.45, 2.75) is 31.7 Å². The molecule has 4 rings (SSSR count). The molecule has 5 nitrogen and oxygen atoms in total. The van der Waals surface area contributed by atoms with Gasteiger partial charge in [-0.1, -0.05) is 29.8 Å². The van der Waals surface area contributed by atoms with Gasteiger partial charge in [0, 0.05) is 37.2 Å². The zero-order valence-electron chi connectivity index (χ0n) is 16.2. The van der Waals surface area contributed by atoms with Crippen molar-refractivity contribution in [3.05, 3.63) is 70.8 Å². The van der Waals surface area contributed by atoms with E-state index in [1.165, 1.54) is 11.1 Å². The first-order chi connectivity index (χ1) is 13.7. The van der Waals surface area contributed by atoms with Gasteiger partial charge in [-0.2, -0.15) is 5.26 Å². The topological polar surface area (TPSA) is 68.2 Å². The Morgan fingerprint density at radius 3 is 2.57 bits per heavy atom. The standard InChI is InChI=1S/C23H26N4O/c1-16-3-2-4-20(13-16)21-15-25-26-22(21)18-9-11-27(12-10-18)23(28)19-7-5-17(14-24)6-8-19/h2-8,13,18,21-22,25-26H,9-12,15H2,1H3. The molecule has 2 unspecified atom stereocenters. The Hall–Kier alpha value is -2.68. The van der Waals surface area contributed by atoms with E-state index in [9.17, 15) is 4.79 Å². The van der Waals surface area contributed by atoms with Crippen molar-refractivity contribution in [3.63, 3.8) is 0 Å². The second-order valence-electron chi connectivity index (χ2n) is 7.89. The van der Waals surface area contributed by atoms with Crippen LogP contribution >= 0.6 is 0 Å². The first-order valence-corrected chi connectivity index (χ1v) is 10.00. The number of carbonyl (C=O) groups excluding carboxylic acids is 1. The summed E-state index contributed by atoms with van der Waals surface area (Å²) in [7, 11) is 0. The zero-order chi connectivity index (χ0) is 19.5. The number of nitriles is 1. The number of piperidine rings is 1. The summed E-state index contributed by atoms with van der Waals surface area (Å²) in [4.78, 5) is 14.7. The molecule has 144 valence electrons. The third kappa shape index (κ3) is 3.80. The maximum Gasteiger partial charge on any atom is 0.253 e. The van der Waals surface area contributed by atoms with Crippen LogP contribution in [-0.4, -0.2) is 36.5 Å². The molecule has 0 spiro atoms. The van der Waals surface area contributed by atoms with Gasteiger partial charge in [-0.3, -0.25) is 15.6 Å². The highest BCUT2D eigenvalue weighted by molar-refractivity contribution is 5.94. The summed E-state index contributed by atoms with van der Waals surface area (Å²) in [5.41, 5.74) is 10.8. The summed E-state index contributed by atoms with van der Waals surface area (Å²) >= 11 is 0. The van der Waals surface area contributed by atoms with E-state index in [-0.39, 0.29) is 5.91 Å². The van der Waals surface area contributed by atoms with E-state index in [2.05, 4.69) is 48.1 Å². The van der Waals surface area contributed by atoms with Crippen molar-refractivity contribution in [3.8, 4) is 6.07 Å². The predicted molar refractivity (Wildman–Crippen MR) is 109 cm³/mol. The maximum atomic E-state index is 12.8. The van der Waals surface area contributed by atoms with E-state index in [1.54, 1.807) is 24.3 Å². The summed E-state index contributed by atoms with van der Waals surface area (Å²) in [5, 5.41) is 8.91. The van der Waals surface area contributed by atoms with E-state index in [0.29, 0.717) is 29.0 Å². The summed E-state index contributed by atoms with van der Waals surface area (Å²) < 4.78 is 0. The van der Waals surface area contributed by atoms with Crippen molar-refractivity contribution >= 4 is 5.91 Å². The normalized spacial score (nSPS) is 22.8. The third-order valence-electron chi connectivity index (χ3n) is 6.09. The molecule has 1 amide bonds. The number of likely N-dealkylation sites (tertiary alicyclic amines) is 1. The highest BCUT2D eigenvalue weighted by atomic mass is 16.2. The first-order valence-electron chi connectivity index (χ1n) is 10.00. The van der Waals surface area contributed by atoms with Gasteiger partial charge in [0.25, 0.3) is 5.91 Å². The first kappa shape index (κ1) is 18.7. The summed E-state index contributed by atoms with van der Waals surface area (Å²) in [6, 6.07) is 18.2. The van der Waals surface area contributed by atoms with E-state index in [1.807, 2.05) is 4.90 Å². The van der Waals surface area contributed by atoms with Gasteiger partial charge in [0.15, 0.2) is 0 Å². The van der Waals surface area contributed by atoms with E-state index in [0.717, 1.165) is 32.5 Å². The summed E-state index contributed by atoms with van der Waals surface area (Å²) in [6.07, 6.45) is 2.01. The van der Waals surface area contributed by atoms with Crippen molar-refractivity contribution in [2.75, 3.05) is 19.6 Å². The molecule has 0 saturated carbocycles. The number of amides is 1. The van der Waals surface area contributed by atoms with E-state index < -0.39 is 0 Å². The molecule has 28 heavy (non-hydrogen) atoms. The molecule has 0 aliphatic carbocycles. The minimum absolute atomic E-state index is 0.0654. The molecule has 2 N–H and O–H groups in total. The molecule has 2 heterocycles. The number of nitrogens with zero attached hydrogens (tertiary/aromatic N) is 2. The number of carbonyl (C=O) groups is 1. The van der Waals surface area contributed by atoms with Crippen molar-refractivity contribution in [1.29, 1.82) is 5.26 Å². The SMILES string of the molecule is Cc1cccc(C2CNNC2C2CCN(C(=O)c3ccc(C#N)cc3)CC2)c1. The molecule has 0 radical (unpaired) electrons. The Morgan fingerprint density at radius 2 is 1.89 bits per heavy atom. The fourth-order valence-electron chi connectivity index (χ4n) is 4.52. The largest absolute Gasteiger partial charge is 0.339 e. The number of aryl methyl sites for hydroxylation is 1. The van der Waals surface area contributed by atoms with Crippen LogP contribution in [0.25, 0.3) is 0 Å². The number of hydrogen-bond donors (Lipinski definition) is 2. The van der Waals surface area contributed by atoms with Gasteiger partial charge in [-0.05, 0) is 55.5 Å². The van der Waals surface area contributed by atoms with Gasteiger partial charge < -0.3 is 4.90 Å². The van der Waals surface area contributed by atoms with Gasteiger partial charge in [0.1, 0.15) is 0 Å². The number of nitrogens with one attached hydrogen (secondary N) is 2. The highest BCUT2D eigenvalue weighted by Crippen LogP contribution is 2.33. The minimum Gasteiger partial charge on any atom is -0.339 e.